The first kappa shape index (κ1) is 17.8. The van der Waals surface area contributed by atoms with Crippen LogP contribution in [0.2, 0.25) is 0 Å². The third kappa shape index (κ3) is 4.48. The van der Waals surface area contributed by atoms with E-state index in [0.29, 0.717) is 17.4 Å². The maximum Gasteiger partial charge on any atom is 0.270 e. The van der Waals surface area contributed by atoms with Crippen LogP contribution in [0, 0.1) is 10.1 Å². The van der Waals surface area contributed by atoms with Crippen molar-refractivity contribution in [2.24, 2.45) is 10.2 Å². The van der Waals surface area contributed by atoms with Gasteiger partial charge < -0.3 is 15.4 Å². The minimum atomic E-state index is -0.507. The first-order valence-electron chi connectivity index (χ1n) is 7.71. The van der Waals surface area contributed by atoms with Crippen molar-refractivity contribution < 1.29 is 10.0 Å². The fourth-order valence-corrected chi connectivity index (χ4v) is 2.39. The molecule has 0 aliphatic rings. The smallest absolute Gasteiger partial charge is 0.270 e. The number of hydrogen-bond acceptors (Lipinski definition) is 5. The normalized spacial score (nSPS) is 11.2. The molecule has 0 saturated heterocycles. The topological polar surface area (TPSA) is 116 Å². The van der Waals surface area contributed by atoms with Gasteiger partial charge >= 0.3 is 0 Å². The van der Waals surface area contributed by atoms with Crippen LogP contribution in [0.4, 0.5) is 11.4 Å². The van der Waals surface area contributed by atoms with E-state index < -0.39 is 4.92 Å². The van der Waals surface area contributed by atoms with Crippen LogP contribution in [0.25, 0.3) is 10.9 Å². The van der Waals surface area contributed by atoms with Crippen LogP contribution in [0.5, 0.6) is 5.88 Å². The van der Waals surface area contributed by atoms with E-state index in [1.165, 1.54) is 24.6 Å². The van der Waals surface area contributed by atoms with Crippen LogP contribution in [-0.4, -0.2) is 26.7 Å². The molecular formula is C15H19N5O3S. The molecule has 1 aromatic carbocycles. The van der Waals surface area contributed by atoms with Crippen molar-refractivity contribution in [1.82, 2.24) is 10.3 Å². The van der Waals surface area contributed by atoms with Gasteiger partial charge in [-0.05, 0) is 24.7 Å². The highest BCUT2D eigenvalue weighted by molar-refractivity contribution is 7.80. The van der Waals surface area contributed by atoms with Crippen LogP contribution in [0.15, 0.2) is 28.4 Å². The maximum atomic E-state index is 10.9. The van der Waals surface area contributed by atoms with E-state index in [1.54, 1.807) is 0 Å². The number of nitro groups is 1. The van der Waals surface area contributed by atoms with Gasteiger partial charge in [-0.15, -0.1) is 10.2 Å². The molecule has 24 heavy (non-hydrogen) atoms. The average Bonchev–Trinajstić information content (AvgIpc) is 2.87. The third-order valence-electron chi connectivity index (χ3n) is 3.49. The van der Waals surface area contributed by atoms with Gasteiger partial charge in [-0.3, -0.25) is 10.1 Å². The first-order chi connectivity index (χ1) is 11.5. The van der Waals surface area contributed by atoms with E-state index >= 15 is 0 Å². The van der Waals surface area contributed by atoms with Gasteiger partial charge in [-0.1, -0.05) is 26.2 Å². The fraction of sp³-hybridized carbons (Fsp3) is 0.400. The number of benzene rings is 1. The number of azo groups is 1. The Bertz CT molecular complexity index is 772. The minimum absolute atomic E-state index is 0.0884. The Labute approximate surface area is 144 Å². The summed E-state index contributed by atoms with van der Waals surface area (Å²) >= 11 is 5.07. The summed E-state index contributed by atoms with van der Waals surface area (Å²) in [6, 6.07) is 4.19. The maximum absolute atomic E-state index is 10.9. The van der Waals surface area contributed by atoms with Crippen molar-refractivity contribution in [3.8, 4) is 5.88 Å². The van der Waals surface area contributed by atoms with Gasteiger partial charge in [-0.2, -0.15) is 0 Å². The number of H-pyrrole nitrogens is 1. The summed E-state index contributed by atoms with van der Waals surface area (Å²) in [5, 5.41) is 32.2. The number of hydrogen-bond donors (Lipinski definition) is 3. The third-order valence-corrected chi connectivity index (χ3v) is 3.72. The molecule has 0 amide bonds. The molecule has 3 N–H and O–H groups in total. The fourth-order valence-electron chi connectivity index (χ4n) is 2.24. The molecule has 0 unspecified atom stereocenters. The minimum Gasteiger partial charge on any atom is -0.493 e. The first-order valence-corrected chi connectivity index (χ1v) is 8.12. The van der Waals surface area contributed by atoms with Crippen LogP contribution in [0.1, 0.15) is 32.6 Å². The lowest BCUT2D eigenvalue weighted by atomic mass is 10.2. The molecule has 1 heterocycles. The molecule has 8 nitrogen and oxygen atoms in total. The zero-order valence-electron chi connectivity index (χ0n) is 13.3. The molecule has 0 saturated carbocycles. The van der Waals surface area contributed by atoms with Gasteiger partial charge in [0.15, 0.2) is 5.69 Å². The predicted molar refractivity (Wildman–Crippen MR) is 95.9 cm³/mol. The number of nitrogens with one attached hydrogen (secondary N) is 2. The molecule has 128 valence electrons. The highest BCUT2D eigenvalue weighted by Gasteiger charge is 2.14. The van der Waals surface area contributed by atoms with E-state index in [2.05, 4.69) is 27.5 Å². The lowest BCUT2D eigenvalue weighted by Gasteiger charge is -2.02. The number of non-ortho nitro benzene ring substituents is 1. The van der Waals surface area contributed by atoms with Crippen molar-refractivity contribution in [3.63, 3.8) is 0 Å². The van der Waals surface area contributed by atoms with Gasteiger partial charge in [0.2, 0.25) is 11.0 Å². The zero-order chi connectivity index (χ0) is 17.5. The van der Waals surface area contributed by atoms with E-state index in [1.807, 2.05) is 0 Å². The molecule has 2 aromatic rings. The van der Waals surface area contributed by atoms with Crippen molar-refractivity contribution in [1.29, 1.82) is 0 Å². The molecule has 9 heteroatoms. The monoisotopic (exact) mass is 349 g/mol. The van der Waals surface area contributed by atoms with E-state index in [9.17, 15) is 15.2 Å². The van der Waals surface area contributed by atoms with Crippen LogP contribution < -0.4 is 5.32 Å². The molecule has 1 aromatic heterocycles. The summed E-state index contributed by atoms with van der Waals surface area (Å²) in [4.78, 5) is 13.1. The Morgan fingerprint density at radius 2 is 2.21 bits per heavy atom. The molecule has 0 atom stereocenters. The van der Waals surface area contributed by atoms with Gasteiger partial charge in [0.25, 0.3) is 5.69 Å². The Morgan fingerprint density at radius 1 is 1.42 bits per heavy atom. The van der Waals surface area contributed by atoms with Gasteiger partial charge in [-0.25, -0.2) is 0 Å². The lowest BCUT2D eigenvalue weighted by Crippen LogP contribution is -2.20. The molecule has 2 rings (SSSR count). The number of nitrogens with zero attached hydrogens (tertiary/aromatic N) is 3. The number of thiocarbonyl (C=S) groups is 1. The Balaban J connectivity index is 2.08. The number of fused-ring (bicyclic) bond motifs is 1. The Morgan fingerprint density at radius 3 is 2.92 bits per heavy atom. The van der Waals surface area contributed by atoms with E-state index in [0.717, 1.165) is 19.3 Å². The number of aromatic nitrogens is 1. The van der Waals surface area contributed by atoms with Crippen molar-refractivity contribution in [2.45, 2.75) is 32.6 Å². The van der Waals surface area contributed by atoms with E-state index in [4.69, 9.17) is 12.2 Å². The summed E-state index contributed by atoms with van der Waals surface area (Å²) in [6.45, 7) is 2.85. The SMILES string of the molecule is CCCCCCNC(=S)N=Nc1c(O)[nH]c2ccc([N+](=O)[O-])cc12. The van der Waals surface area contributed by atoms with Gasteiger partial charge in [0, 0.05) is 24.1 Å². The highest BCUT2D eigenvalue weighted by atomic mass is 32.1. The summed E-state index contributed by atoms with van der Waals surface area (Å²) in [7, 11) is 0. The standard InChI is InChI=1S/C15H19N5O3S/c1-2-3-4-5-8-16-15(24)19-18-13-11-9-10(20(22)23)6-7-12(11)17-14(13)21/h6-7,9,17,21H,2-5,8H2,1H3,(H,16,24). The van der Waals surface area contributed by atoms with E-state index in [-0.39, 0.29) is 22.4 Å². The summed E-state index contributed by atoms with van der Waals surface area (Å²) in [6.07, 6.45) is 4.46. The van der Waals surface area contributed by atoms with Gasteiger partial charge in [0.1, 0.15) is 0 Å². The number of rotatable bonds is 7. The van der Waals surface area contributed by atoms with Crippen molar-refractivity contribution in [3.05, 3.63) is 28.3 Å². The summed E-state index contributed by atoms with van der Waals surface area (Å²) in [5.41, 5.74) is 0.573. The predicted octanol–water partition coefficient (Wildman–Crippen LogP) is 4.32. The zero-order valence-corrected chi connectivity index (χ0v) is 14.1. The molecule has 0 spiro atoms. The van der Waals surface area contributed by atoms with Gasteiger partial charge in [0.05, 0.1) is 10.4 Å². The van der Waals surface area contributed by atoms with Crippen LogP contribution >= 0.6 is 12.2 Å². The molecule has 0 bridgehead atoms. The van der Waals surface area contributed by atoms with Crippen LogP contribution in [-0.2, 0) is 0 Å². The second-order valence-corrected chi connectivity index (χ2v) is 5.69. The van der Waals surface area contributed by atoms with Crippen LogP contribution in [0.3, 0.4) is 0 Å². The van der Waals surface area contributed by atoms with Crippen molar-refractivity contribution in [2.75, 3.05) is 6.54 Å². The number of unbranched alkanes of at least 4 members (excludes halogenated alkanes) is 3. The second kappa shape index (κ2) is 8.34. The second-order valence-electron chi connectivity index (χ2n) is 5.30. The molecule has 0 aliphatic carbocycles. The highest BCUT2D eigenvalue weighted by Crippen LogP contribution is 2.37. The summed E-state index contributed by atoms with van der Waals surface area (Å²) in [5.74, 6) is -0.208. The molecular weight excluding hydrogens is 330 g/mol. The average molecular weight is 349 g/mol. The largest absolute Gasteiger partial charge is 0.493 e. The number of nitro benzene ring substituents is 1. The molecule has 0 aliphatic heterocycles. The lowest BCUT2D eigenvalue weighted by molar-refractivity contribution is -0.384. The Kier molecular flexibility index (Phi) is 6.19. The van der Waals surface area contributed by atoms with Crippen molar-refractivity contribution >= 4 is 39.6 Å². The quantitative estimate of drug-likeness (QED) is 0.226. The number of aromatic hydroxyl groups is 1. The summed E-state index contributed by atoms with van der Waals surface area (Å²) < 4.78 is 0. The number of aromatic amines is 1. The Hall–Kier alpha value is -2.55. The molecule has 0 fully saturated rings. The molecule has 0 radical (unpaired) electrons.